The van der Waals surface area contributed by atoms with Crippen molar-refractivity contribution in [3.63, 3.8) is 0 Å². The predicted molar refractivity (Wildman–Crippen MR) is 118 cm³/mol. The molecule has 1 aliphatic heterocycles. The third-order valence-electron chi connectivity index (χ3n) is 5.52. The second-order valence-electron chi connectivity index (χ2n) is 7.61. The maximum atomic E-state index is 12.9. The molecule has 1 saturated heterocycles. The van der Waals surface area contributed by atoms with Crippen LogP contribution in [0.15, 0.2) is 72.8 Å². The van der Waals surface area contributed by atoms with Gasteiger partial charge in [-0.1, -0.05) is 54.6 Å². The van der Waals surface area contributed by atoms with Crippen molar-refractivity contribution >= 4 is 28.3 Å². The van der Waals surface area contributed by atoms with Crippen molar-refractivity contribution in [3.05, 3.63) is 72.8 Å². The number of ether oxygens (including phenoxy) is 1. The Labute approximate surface area is 176 Å². The van der Waals surface area contributed by atoms with Crippen LogP contribution in [0.2, 0.25) is 0 Å². The summed E-state index contributed by atoms with van der Waals surface area (Å²) in [5, 5.41) is 5.19. The molecule has 30 heavy (non-hydrogen) atoms. The lowest BCUT2D eigenvalue weighted by Gasteiger charge is -2.32. The normalized spacial score (nSPS) is 16.3. The Morgan fingerprint density at radius 1 is 0.967 bits per heavy atom. The van der Waals surface area contributed by atoms with Crippen molar-refractivity contribution in [2.75, 3.05) is 25.0 Å². The molecule has 5 heteroatoms. The van der Waals surface area contributed by atoms with Gasteiger partial charge < -0.3 is 15.0 Å². The number of hydrogen-bond acceptors (Lipinski definition) is 3. The Morgan fingerprint density at radius 2 is 1.73 bits per heavy atom. The van der Waals surface area contributed by atoms with Crippen LogP contribution in [0, 0.1) is 5.92 Å². The number of anilines is 1. The van der Waals surface area contributed by atoms with Crippen LogP contribution in [0.1, 0.15) is 19.3 Å². The highest BCUT2D eigenvalue weighted by Gasteiger charge is 2.28. The average Bonchev–Trinajstić information content (AvgIpc) is 2.80. The molecule has 0 radical (unpaired) electrons. The van der Waals surface area contributed by atoms with Crippen molar-refractivity contribution in [1.29, 1.82) is 0 Å². The minimum Gasteiger partial charge on any atom is -0.493 e. The quantitative estimate of drug-likeness (QED) is 0.661. The number of carbonyl (C=O) groups excluding carboxylic acids is 2. The van der Waals surface area contributed by atoms with E-state index in [1.54, 1.807) is 4.90 Å². The van der Waals surface area contributed by atoms with Crippen molar-refractivity contribution in [3.8, 4) is 5.75 Å². The lowest BCUT2D eigenvalue weighted by Crippen LogP contribution is -2.44. The Morgan fingerprint density at radius 3 is 2.60 bits per heavy atom. The molecule has 0 bridgehead atoms. The lowest BCUT2D eigenvalue weighted by molar-refractivity contribution is -0.135. The van der Waals surface area contributed by atoms with Gasteiger partial charge in [-0.05, 0) is 36.4 Å². The number of nitrogens with one attached hydrogen (secondary N) is 1. The molecular formula is C25H26N2O3. The Kier molecular flexibility index (Phi) is 6.28. The van der Waals surface area contributed by atoms with Gasteiger partial charge in [-0.2, -0.15) is 0 Å². The monoisotopic (exact) mass is 402 g/mol. The molecule has 0 aliphatic carbocycles. The first kappa shape index (κ1) is 20.0. The molecule has 1 heterocycles. The summed E-state index contributed by atoms with van der Waals surface area (Å²) in [7, 11) is 0. The fourth-order valence-corrected chi connectivity index (χ4v) is 3.92. The smallest absolute Gasteiger partial charge is 0.229 e. The molecule has 3 aromatic carbocycles. The highest BCUT2D eigenvalue weighted by atomic mass is 16.5. The van der Waals surface area contributed by atoms with E-state index < -0.39 is 0 Å². The minimum atomic E-state index is -0.197. The fraction of sp³-hybridized carbons (Fsp3) is 0.280. The van der Waals surface area contributed by atoms with Crippen molar-refractivity contribution in [2.45, 2.75) is 19.3 Å². The second kappa shape index (κ2) is 9.44. The van der Waals surface area contributed by atoms with Gasteiger partial charge >= 0.3 is 0 Å². The minimum absolute atomic E-state index is 0.0237. The topological polar surface area (TPSA) is 58.6 Å². The molecule has 1 unspecified atom stereocenters. The number of rotatable bonds is 6. The summed E-state index contributed by atoms with van der Waals surface area (Å²) in [6, 6.07) is 23.4. The zero-order chi connectivity index (χ0) is 20.8. The number of fused-ring (bicyclic) bond motifs is 1. The van der Waals surface area contributed by atoms with Crippen LogP contribution in [0.5, 0.6) is 5.75 Å². The van der Waals surface area contributed by atoms with Gasteiger partial charge in [0.15, 0.2) is 0 Å². The van der Waals surface area contributed by atoms with E-state index in [4.69, 9.17) is 4.74 Å². The van der Waals surface area contributed by atoms with Gasteiger partial charge in [0.25, 0.3) is 0 Å². The van der Waals surface area contributed by atoms with E-state index in [0.717, 1.165) is 35.1 Å². The van der Waals surface area contributed by atoms with Gasteiger partial charge in [-0.15, -0.1) is 0 Å². The van der Waals surface area contributed by atoms with E-state index in [0.29, 0.717) is 26.1 Å². The van der Waals surface area contributed by atoms with Crippen LogP contribution in [0.3, 0.4) is 0 Å². The largest absolute Gasteiger partial charge is 0.493 e. The van der Waals surface area contributed by atoms with Crippen LogP contribution in [-0.2, 0) is 9.59 Å². The maximum Gasteiger partial charge on any atom is 0.229 e. The highest BCUT2D eigenvalue weighted by Crippen LogP contribution is 2.25. The molecule has 1 aliphatic rings. The number of likely N-dealkylation sites (tertiary alicyclic amines) is 1. The number of nitrogens with zero attached hydrogens (tertiary/aromatic N) is 1. The van der Waals surface area contributed by atoms with E-state index in [1.807, 2.05) is 72.8 Å². The molecule has 1 N–H and O–H groups in total. The van der Waals surface area contributed by atoms with Crippen LogP contribution in [0.25, 0.3) is 10.8 Å². The van der Waals surface area contributed by atoms with Crippen LogP contribution < -0.4 is 10.1 Å². The summed E-state index contributed by atoms with van der Waals surface area (Å²) in [6.07, 6.45) is 1.94. The first-order chi connectivity index (χ1) is 14.7. The number of hydrogen-bond donors (Lipinski definition) is 1. The highest BCUT2D eigenvalue weighted by molar-refractivity contribution is 6.03. The van der Waals surface area contributed by atoms with Crippen LogP contribution in [0.4, 0.5) is 5.69 Å². The summed E-state index contributed by atoms with van der Waals surface area (Å²) in [5.41, 5.74) is 0.817. The molecule has 2 amide bonds. The number of piperidine rings is 1. The molecule has 154 valence electrons. The Bertz CT molecular complexity index is 1010. The number of benzene rings is 3. The number of carbonyl (C=O) groups is 2. The zero-order valence-electron chi connectivity index (χ0n) is 16.9. The van der Waals surface area contributed by atoms with Crippen molar-refractivity contribution in [2.24, 2.45) is 5.92 Å². The Balaban J connectivity index is 1.32. The standard InChI is InChI=1S/C25H26N2O3/c28-24(15-17-30-21-11-2-1-3-12-21)27-16-7-10-20(18-27)25(29)26-23-14-6-9-19-8-4-5-13-22(19)23/h1-6,8-9,11-14,20H,7,10,15-18H2,(H,26,29). The van der Waals surface area contributed by atoms with Crippen molar-refractivity contribution in [1.82, 2.24) is 4.90 Å². The van der Waals surface area contributed by atoms with Gasteiger partial charge in [0, 0.05) is 24.2 Å². The molecule has 4 rings (SSSR count). The summed E-state index contributed by atoms with van der Waals surface area (Å²) >= 11 is 0. The van der Waals surface area contributed by atoms with Gasteiger partial charge in [-0.25, -0.2) is 0 Å². The summed E-state index contributed by atoms with van der Waals surface area (Å²) < 4.78 is 5.63. The van der Waals surface area contributed by atoms with E-state index >= 15 is 0 Å². The third-order valence-corrected chi connectivity index (χ3v) is 5.52. The van der Waals surface area contributed by atoms with Crippen molar-refractivity contribution < 1.29 is 14.3 Å². The molecular weight excluding hydrogens is 376 g/mol. The lowest BCUT2D eigenvalue weighted by atomic mass is 9.96. The van der Waals surface area contributed by atoms with Gasteiger partial charge in [0.1, 0.15) is 5.75 Å². The molecule has 0 aromatic heterocycles. The van der Waals surface area contributed by atoms with Gasteiger partial charge in [0.2, 0.25) is 11.8 Å². The molecule has 0 saturated carbocycles. The van der Waals surface area contributed by atoms with Gasteiger partial charge in [-0.3, -0.25) is 9.59 Å². The number of para-hydroxylation sites is 1. The SMILES string of the molecule is O=C(Nc1cccc2ccccc12)C1CCCN(C(=O)CCOc2ccccc2)C1. The summed E-state index contributed by atoms with van der Waals surface area (Å²) in [5.74, 6) is 0.575. The first-order valence-corrected chi connectivity index (χ1v) is 10.4. The third kappa shape index (κ3) is 4.79. The summed E-state index contributed by atoms with van der Waals surface area (Å²) in [4.78, 5) is 27.3. The van der Waals surface area contributed by atoms with E-state index in [1.165, 1.54) is 0 Å². The van der Waals surface area contributed by atoms with E-state index in [-0.39, 0.29) is 17.7 Å². The molecule has 0 spiro atoms. The van der Waals surface area contributed by atoms with E-state index in [9.17, 15) is 9.59 Å². The maximum absolute atomic E-state index is 12.9. The van der Waals surface area contributed by atoms with Crippen LogP contribution >= 0.6 is 0 Å². The Hall–Kier alpha value is -3.34. The fourth-order valence-electron chi connectivity index (χ4n) is 3.92. The van der Waals surface area contributed by atoms with Crippen LogP contribution in [-0.4, -0.2) is 36.4 Å². The molecule has 3 aromatic rings. The second-order valence-corrected chi connectivity index (χ2v) is 7.61. The molecule has 1 atom stereocenters. The van der Waals surface area contributed by atoms with Gasteiger partial charge in [0.05, 0.1) is 18.9 Å². The summed E-state index contributed by atoms with van der Waals surface area (Å²) in [6.45, 7) is 1.50. The first-order valence-electron chi connectivity index (χ1n) is 10.4. The zero-order valence-corrected chi connectivity index (χ0v) is 16.9. The molecule has 5 nitrogen and oxygen atoms in total. The number of amides is 2. The average molecular weight is 402 g/mol. The molecule has 1 fully saturated rings. The van der Waals surface area contributed by atoms with E-state index in [2.05, 4.69) is 5.32 Å². The predicted octanol–water partition coefficient (Wildman–Crippen LogP) is 4.49.